The number of nitrogens with zero attached hydrogens (tertiary/aromatic N) is 3. The number of carbonyl (C=O) groups excluding carboxylic acids is 1. The molecule has 0 aromatic heterocycles. The van der Waals surface area contributed by atoms with E-state index in [2.05, 4.69) is 15.3 Å². The summed E-state index contributed by atoms with van der Waals surface area (Å²) in [6.45, 7) is 3.65. The van der Waals surface area contributed by atoms with Crippen molar-refractivity contribution in [1.29, 1.82) is 0 Å². The summed E-state index contributed by atoms with van der Waals surface area (Å²) in [6.07, 6.45) is 3.33. The van der Waals surface area contributed by atoms with E-state index in [1.54, 1.807) is 7.11 Å². The highest BCUT2D eigenvalue weighted by Crippen LogP contribution is 2.45. The lowest BCUT2D eigenvalue weighted by Gasteiger charge is -2.44. The van der Waals surface area contributed by atoms with Crippen molar-refractivity contribution in [3.63, 3.8) is 0 Å². The van der Waals surface area contributed by atoms with Gasteiger partial charge in [0.1, 0.15) is 18.4 Å². The van der Waals surface area contributed by atoms with Crippen LogP contribution in [-0.2, 0) is 14.9 Å². The lowest BCUT2D eigenvalue weighted by atomic mass is 9.70. The Morgan fingerprint density at radius 3 is 2.72 bits per heavy atom. The highest BCUT2D eigenvalue weighted by molar-refractivity contribution is 5.76. The first-order valence-corrected chi connectivity index (χ1v) is 10.2. The van der Waals surface area contributed by atoms with Crippen LogP contribution in [0, 0.1) is 15.7 Å². The van der Waals surface area contributed by atoms with Gasteiger partial charge in [-0.15, -0.1) is 4.91 Å². The Kier molecular flexibility index (Phi) is 5.38. The largest absolute Gasteiger partial charge is 0.497 e. The third kappa shape index (κ3) is 3.77. The normalized spacial score (nSPS) is 32.6. The van der Waals surface area contributed by atoms with Gasteiger partial charge in [-0.05, 0) is 66.8 Å². The van der Waals surface area contributed by atoms with Gasteiger partial charge < -0.3 is 9.47 Å². The SMILES string of the molecule is COc1ccc2c(c1)C1(C)CCN(CC3CC3)C(COC(=O)C(N=O)C1)C2N=O. The van der Waals surface area contributed by atoms with Crippen LogP contribution in [0.25, 0.3) is 0 Å². The molecule has 8 nitrogen and oxygen atoms in total. The number of fused-ring (bicyclic) bond motifs is 6. The molecule has 0 radical (unpaired) electrons. The van der Waals surface area contributed by atoms with Gasteiger partial charge >= 0.3 is 5.97 Å². The minimum Gasteiger partial charge on any atom is -0.497 e. The molecule has 1 aromatic carbocycles. The van der Waals surface area contributed by atoms with Crippen molar-refractivity contribution in [1.82, 2.24) is 4.90 Å². The summed E-state index contributed by atoms with van der Waals surface area (Å²) in [5.74, 6) is 0.663. The number of nitroso groups, excluding NO2 is 2. The molecule has 156 valence electrons. The van der Waals surface area contributed by atoms with Gasteiger partial charge in [-0.3, -0.25) is 4.90 Å². The van der Waals surface area contributed by atoms with E-state index in [9.17, 15) is 14.6 Å². The van der Waals surface area contributed by atoms with Gasteiger partial charge in [-0.1, -0.05) is 23.3 Å². The smallest absolute Gasteiger partial charge is 0.334 e. The van der Waals surface area contributed by atoms with Gasteiger partial charge in [0.05, 0.1) is 13.2 Å². The van der Waals surface area contributed by atoms with Gasteiger partial charge in [-0.25, -0.2) is 4.79 Å². The van der Waals surface area contributed by atoms with Crippen molar-refractivity contribution in [3.05, 3.63) is 39.1 Å². The van der Waals surface area contributed by atoms with Gasteiger partial charge in [-0.2, -0.15) is 4.91 Å². The van der Waals surface area contributed by atoms with Gasteiger partial charge in [0.15, 0.2) is 6.04 Å². The zero-order valence-electron chi connectivity index (χ0n) is 16.9. The molecule has 2 fully saturated rings. The standard InChI is InChI=1S/C21H27N3O5/c1-21-7-8-24(11-13-3-4-13)18(12-29-20(25)17(10-21)22-26)19(23-27)15-6-5-14(28-2)9-16(15)21/h5-6,9,13,17-19H,3-4,7-8,10-12H2,1-2H3. The monoisotopic (exact) mass is 401 g/mol. The highest BCUT2D eigenvalue weighted by atomic mass is 16.5. The Morgan fingerprint density at radius 1 is 1.28 bits per heavy atom. The molecule has 4 atom stereocenters. The molecule has 0 amide bonds. The molecule has 29 heavy (non-hydrogen) atoms. The average molecular weight is 401 g/mol. The van der Waals surface area contributed by atoms with E-state index >= 15 is 0 Å². The van der Waals surface area contributed by atoms with Crippen molar-refractivity contribution in [2.45, 2.75) is 56.1 Å². The van der Waals surface area contributed by atoms with Crippen molar-refractivity contribution in [2.24, 2.45) is 16.3 Å². The molecule has 4 aliphatic rings. The van der Waals surface area contributed by atoms with E-state index in [1.165, 1.54) is 12.8 Å². The minimum absolute atomic E-state index is 0.0240. The van der Waals surface area contributed by atoms with E-state index in [1.807, 2.05) is 25.1 Å². The van der Waals surface area contributed by atoms with Crippen LogP contribution >= 0.6 is 0 Å². The van der Waals surface area contributed by atoms with Crippen LogP contribution in [0.4, 0.5) is 0 Å². The molecular weight excluding hydrogens is 374 g/mol. The lowest BCUT2D eigenvalue weighted by molar-refractivity contribution is -0.148. The highest BCUT2D eigenvalue weighted by Gasteiger charge is 2.45. The Labute approximate surface area is 169 Å². The Morgan fingerprint density at radius 2 is 2.07 bits per heavy atom. The summed E-state index contributed by atoms with van der Waals surface area (Å²) in [5.41, 5.74) is 1.17. The molecular formula is C21H27N3O5. The number of rotatable bonds is 5. The zero-order valence-corrected chi connectivity index (χ0v) is 16.9. The predicted molar refractivity (Wildman–Crippen MR) is 107 cm³/mol. The Hall–Kier alpha value is -2.35. The Balaban J connectivity index is 1.87. The van der Waals surface area contributed by atoms with Gasteiger partial charge in [0, 0.05) is 6.54 Å². The summed E-state index contributed by atoms with van der Waals surface area (Å²) in [7, 11) is 1.59. The number of ether oxygens (including phenoxy) is 2. The van der Waals surface area contributed by atoms with Crippen molar-refractivity contribution in [2.75, 3.05) is 26.8 Å². The summed E-state index contributed by atoms with van der Waals surface area (Å²) in [4.78, 5) is 38.3. The van der Waals surface area contributed by atoms with Crippen molar-refractivity contribution < 1.29 is 14.3 Å². The third-order valence-electron chi connectivity index (χ3n) is 6.76. The first-order chi connectivity index (χ1) is 14.0. The predicted octanol–water partition coefficient (Wildman–Crippen LogP) is 3.33. The molecule has 4 unspecified atom stereocenters. The van der Waals surface area contributed by atoms with Crippen LogP contribution < -0.4 is 4.74 Å². The van der Waals surface area contributed by atoms with E-state index < -0.39 is 23.5 Å². The summed E-state index contributed by atoms with van der Waals surface area (Å²) in [6, 6.07) is 3.53. The number of methoxy groups -OCH3 is 1. The van der Waals surface area contributed by atoms with Crippen LogP contribution in [0.15, 0.2) is 28.6 Å². The second-order valence-corrected chi connectivity index (χ2v) is 8.78. The maximum Gasteiger partial charge on any atom is 0.334 e. The molecule has 0 spiro atoms. The Bertz CT molecular complexity index is 812. The number of hydrogen-bond donors (Lipinski definition) is 0. The number of hydrogen-bond acceptors (Lipinski definition) is 8. The minimum atomic E-state index is -1.07. The quantitative estimate of drug-likeness (QED) is 0.554. The maximum absolute atomic E-state index is 12.5. The van der Waals surface area contributed by atoms with Crippen molar-refractivity contribution in [3.8, 4) is 5.75 Å². The second kappa shape index (κ2) is 7.82. The molecule has 8 heteroatoms. The van der Waals surface area contributed by atoms with Crippen LogP contribution in [0.2, 0.25) is 0 Å². The summed E-state index contributed by atoms with van der Waals surface area (Å²) < 4.78 is 10.9. The summed E-state index contributed by atoms with van der Waals surface area (Å²) >= 11 is 0. The molecule has 3 aliphatic heterocycles. The van der Waals surface area contributed by atoms with E-state index in [0.717, 1.165) is 30.6 Å². The maximum atomic E-state index is 12.5. The topological polar surface area (TPSA) is 97.6 Å². The van der Waals surface area contributed by atoms with E-state index in [4.69, 9.17) is 9.47 Å². The van der Waals surface area contributed by atoms with Gasteiger partial charge in [0.2, 0.25) is 0 Å². The molecule has 1 saturated carbocycles. The second-order valence-electron chi connectivity index (χ2n) is 8.78. The molecule has 1 saturated heterocycles. The molecule has 3 heterocycles. The fourth-order valence-corrected chi connectivity index (χ4v) is 4.79. The lowest BCUT2D eigenvalue weighted by Crippen LogP contribution is -2.50. The van der Waals surface area contributed by atoms with Crippen LogP contribution in [0.5, 0.6) is 5.75 Å². The third-order valence-corrected chi connectivity index (χ3v) is 6.76. The molecule has 1 aromatic rings. The van der Waals surface area contributed by atoms with Gasteiger partial charge in [0.25, 0.3) is 0 Å². The zero-order chi connectivity index (χ0) is 20.6. The fraction of sp³-hybridized carbons (Fsp3) is 0.667. The molecule has 2 bridgehead atoms. The first-order valence-electron chi connectivity index (χ1n) is 10.2. The number of benzene rings is 1. The first kappa shape index (κ1) is 19.9. The van der Waals surface area contributed by atoms with Crippen LogP contribution in [0.3, 0.4) is 0 Å². The van der Waals surface area contributed by atoms with E-state index in [0.29, 0.717) is 11.7 Å². The van der Waals surface area contributed by atoms with E-state index in [-0.39, 0.29) is 19.1 Å². The molecule has 1 aliphatic carbocycles. The average Bonchev–Trinajstić information content (AvgIpc) is 3.55. The molecule has 0 N–H and O–H groups in total. The number of carbonyl (C=O) groups is 1. The number of esters is 1. The van der Waals surface area contributed by atoms with Crippen LogP contribution in [-0.4, -0.2) is 49.8 Å². The summed E-state index contributed by atoms with van der Waals surface area (Å²) in [5, 5.41) is 6.58. The van der Waals surface area contributed by atoms with Crippen LogP contribution in [0.1, 0.15) is 49.8 Å². The van der Waals surface area contributed by atoms with Crippen molar-refractivity contribution >= 4 is 5.97 Å². The fourth-order valence-electron chi connectivity index (χ4n) is 4.79. The molecule has 5 rings (SSSR count).